The van der Waals surface area contributed by atoms with Crippen molar-refractivity contribution in [1.82, 2.24) is 5.01 Å². The van der Waals surface area contributed by atoms with E-state index in [0.717, 1.165) is 11.4 Å². The van der Waals surface area contributed by atoms with E-state index < -0.39 is 0 Å². The lowest BCUT2D eigenvalue weighted by Gasteiger charge is -2.13. The first-order chi connectivity index (χ1) is 15.5. The molecule has 1 saturated heterocycles. The van der Waals surface area contributed by atoms with E-state index in [4.69, 9.17) is 16.3 Å². The molecule has 3 aliphatic rings. The Bertz CT molecular complexity index is 1110. The average Bonchev–Trinajstić information content (AvgIpc) is 3.47. The summed E-state index contributed by atoms with van der Waals surface area (Å²) in [7, 11) is 0. The van der Waals surface area contributed by atoms with Gasteiger partial charge in [0.15, 0.2) is 6.61 Å². The van der Waals surface area contributed by atoms with Gasteiger partial charge in [-0.25, -0.2) is 0 Å². The third kappa shape index (κ3) is 3.80. The molecule has 32 heavy (non-hydrogen) atoms. The Morgan fingerprint density at radius 2 is 1.78 bits per heavy atom. The lowest BCUT2D eigenvalue weighted by atomic mass is 9.85. The molecule has 1 heterocycles. The van der Waals surface area contributed by atoms with Crippen LogP contribution in [0.2, 0.25) is 5.02 Å². The van der Waals surface area contributed by atoms with E-state index in [9.17, 15) is 14.4 Å². The number of carbonyl (C=O) groups excluding carboxylic acids is 3. The number of imide groups is 1. The first-order valence-electron chi connectivity index (χ1n) is 10.4. The molecule has 2 aliphatic carbocycles. The van der Waals surface area contributed by atoms with Gasteiger partial charge in [0.1, 0.15) is 5.75 Å². The van der Waals surface area contributed by atoms with Crippen LogP contribution in [0.1, 0.15) is 12.0 Å². The van der Waals surface area contributed by atoms with Crippen LogP contribution < -0.4 is 10.1 Å². The lowest BCUT2D eigenvalue weighted by Crippen LogP contribution is -2.28. The van der Waals surface area contributed by atoms with Crippen LogP contribution in [0.25, 0.3) is 0 Å². The highest BCUT2D eigenvalue weighted by molar-refractivity contribution is 6.30. The van der Waals surface area contributed by atoms with Crippen LogP contribution in [0.3, 0.4) is 0 Å². The predicted octanol–water partition coefficient (Wildman–Crippen LogP) is 3.50. The zero-order valence-electron chi connectivity index (χ0n) is 17.0. The Morgan fingerprint density at radius 3 is 2.47 bits per heavy atom. The van der Waals surface area contributed by atoms with E-state index in [1.54, 1.807) is 48.5 Å². The van der Waals surface area contributed by atoms with E-state index in [-0.39, 0.29) is 48.0 Å². The van der Waals surface area contributed by atoms with Crippen LogP contribution >= 0.6 is 11.6 Å². The summed E-state index contributed by atoms with van der Waals surface area (Å²) in [5.74, 6) is -0.534. The molecule has 4 atom stereocenters. The van der Waals surface area contributed by atoms with Gasteiger partial charge in [-0.2, -0.15) is 10.1 Å². The number of ether oxygens (including phenoxy) is 1. The van der Waals surface area contributed by atoms with Crippen LogP contribution in [-0.2, 0) is 14.4 Å². The highest BCUT2D eigenvalue weighted by atomic mass is 35.5. The second-order valence-electron chi connectivity index (χ2n) is 8.15. The number of rotatable bonds is 6. The quantitative estimate of drug-likeness (QED) is 0.415. The van der Waals surface area contributed by atoms with Gasteiger partial charge in [-0.3, -0.25) is 14.4 Å². The van der Waals surface area contributed by atoms with E-state index in [1.807, 2.05) is 12.2 Å². The van der Waals surface area contributed by atoms with Crippen molar-refractivity contribution in [1.29, 1.82) is 0 Å². The van der Waals surface area contributed by atoms with Gasteiger partial charge >= 0.3 is 0 Å². The molecule has 2 fully saturated rings. The molecule has 5 rings (SSSR count). The minimum atomic E-state index is -0.311. The molecule has 162 valence electrons. The largest absolute Gasteiger partial charge is 0.484 e. The van der Waals surface area contributed by atoms with Crippen molar-refractivity contribution in [2.75, 3.05) is 11.9 Å². The molecule has 3 amide bonds. The Morgan fingerprint density at radius 1 is 1.09 bits per heavy atom. The summed E-state index contributed by atoms with van der Waals surface area (Å²) in [5.41, 5.74) is 1.27. The maximum atomic E-state index is 12.7. The number of halogens is 1. The monoisotopic (exact) mass is 449 g/mol. The molecule has 7 nitrogen and oxygen atoms in total. The van der Waals surface area contributed by atoms with Crippen LogP contribution in [0.5, 0.6) is 5.75 Å². The van der Waals surface area contributed by atoms with Crippen LogP contribution in [-0.4, -0.2) is 35.6 Å². The number of fused-ring (bicyclic) bond motifs is 5. The molecule has 2 bridgehead atoms. The summed E-state index contributed by atoms with van der Waals surface area (Å²) in [6, 6.07) is 13.7. The van der Waals surface area contributed by atoms with Crippen LogP contribution in [0.4, 0.5) is 5.69 Å². The van der Waals surface area contributed by atoms with E-state index >= 15 is 0 Å². The lowest BCUT2D eigenvalue weighted by molar-refractivity contribution is -0.140. The summed E-state index contributed by atoms with van der Waals surface area (Å²) < 4.78 is 5.56. The summed E-state index contributed by atoms with van der Waals surface area (Å²) in [6.45, 7) is -0.175. The molecule has 1 aliphatic heterocycles. The first kappa shape index (κ1) is 20.5. The van der Waals surface area contributed by atoms with Crippen molar-refractivity contribution in [2.24, 2.45) is 28.8 Å². The Hall–Kier alpha value is -3.45. The molecule has 2 aromatic carbocycles. The number of hydrogen-bond donors (Lipinski definition) is 1. The fourth-order valence-electron chi connectivity index (χ4n) is 4.69. The van der Waals surface area contributed by atoms with Gasteiger partial charge in [0.2, 0.25) is 0 Å². The van der Waals surface area contributed by atoms with E-state index in [1.165, 1.54) is 6.21 Å². The number of hydrazone groups is 1. The molecule has 1 saturated carbocycles. The standard InChI is InChI=1S/C24H20ClN3O4/c25-17-6-8-18(9-7-17)27-20(29)13-32-19-3-1-2-14(10-19)12-26-28-23(30)21-15-4-5-16(11-15)22(21)24(28)31/h1-10,12,15-16,21-22H,11,13H2,(H,27,29)/t15-,16-,21-,22+/m0/s1. The van der Waals surface area contributed by atoms with Gasteiger partial charge in [0.25, 0.3) is 17.7 Å². The second-order valence-corrected chi connectivity index (χ2v) is 8.59. The number of anilines is 1. The zero-order valence-corrected chi connectivity index (χ0v) is 17.7. The Labute approximate surface area is 189 Å². The third-order valence-electron chi connectivity index (χ3n) is 6.13. The summed E-state index contributed by atoms with van der Waals surface area (Å²) in [5, 5.41) is 8.49. The third-order valence-corrected chi connectivity index (χ3v) is 6.38. The number of amides is 3. The normalized spacial score (nSPS) is 25.6. The van der Waals surface area contributed by atoms with Crippen molar-refractivity contribution in [3.63, 3.8) is 0 Å². The van der Waals surface area contributed by atoms with Gasteiger partial charge in [-0.05, 0) is 60.2 Å². The number of allylic oxidation sites excluding steroid dienone is 2. The van der Waals surface area contributed by atoms with Crippen molar-refractivity contribution < 1.29 is 19.1 Å². The molecular formula is C24H20ClN3O4. The summed E-state index contributed by atoms with van der Waals surface area (Å²) in [6.07, 6.45) is 6.45. The maximum Gasteiger partial charge on any atom is 0.262 e. The molecular weight excluding hydrogens is 430 g/mol. The summed E-state index contributed by atoms with van der Waals surface area (Å²) in [4.78, 5) is 37.5. The fourth-order valence-corrected chi connectivity index (χ4v) is 4.81. The number of nitrogens with zero attached hydrogens (tertiary/aromatic N) is 2. The van der Waals surface area contributed by atoms with Crippen molar-refractivity contribution >= 4 is 41.2 Å². The number of nitrogens with one attached hydrogen (secondary N) is 1. The van der Waals surface area contributed by atoms with Crippen LogP contribution in [0.15, 0.2) is 65.8 Å². The SMILES string of the molecule is O=C(COc1cccc(C=NN2C(=O)[C@@H]3[C@H](C2=O)[C@H]2C=C[C@H]3C2)c1)Nc1ccc(Cl)cc1. The van der Waals surface area contributed by atoms with E-state index in [2.05, 4.69) is 10.4 Å². The molecule has 1 N–H and O–H groups in total. The minimum Gasteiger partial charge on any atom is -0.484 e. The maximum absolute atomic E-state index is 12.7. The highest BCUT2D eigenvalue weighted by Crippen LogP contribution is 2.52. The first-order valence-corrected chi connectivity index (χ1v) is 10.8. The molecule has 0 spiro atoms. The van der Waals surface area contributed by atoms with Gasteiger partial charge < -0.3 is 10.1 Å². The van der Waals surface area contributed by atoms with E-state index in [0.29, 0.717) is 22.0 Å². The van der Waals surface area contributed by atoms with Gasteiger partial charge in [-0.15, -0.1) is 0 Å². The number of carbonyl (C=O) groups is 3. The van der Waals surface area contributed by atoms with Gasteiger partial charge in [0, 0.05) is 10.7 Å². The smallest absolute Gasteiger partial charge is 0.262 e. The predicted molar refractivity (Wildman–Crippen MR) is 119 cm³/mol. The van der Waals surface area contributed by atoms with Crippen molar-refractivity contribution in [3.05, 3.63) is 71.3 Å². The molecule has 0 aromatic heterocycles. The fraction of sp³-hybridized carbons (Fsp3) is 0.250. The molecule has 0 radical (unpaired) electrons. The number of hydrogen-bond acceptors (Lipinski definition) is 5. The van der Waals surface area contributed by atoms with Gasteiger partial charge in [-0.1, -0.05) is 35.9 Å². The van der Waals surface area contributed by atoms with Crippen molar-refractivity contribution in [2.45, 2.75) is 6.42 Å². The minimum absolute atomic E-state index is 0.150. The van der Waals surface area contributed by atoms with Gasteiger partial charge in [0.05, 0.1) is 18.1 Å². The van der Waals surface area contributed by atoms with Crippen molar-refractivity contribution in [3.8, 4) is 5.75 Å². The zero-order chi connectivity index (χ0) is 22.2. The average molecular weight is 450 g/mol. The molecule has 0 unspecified atom stereocenters. The Balaban J connectivity index is 1.20. The highest BCUT2D eigenvalue weighted by Gasteiger charge is 2.59. The number of benzene rings is 2. The molecule has 2 aromatic rings. The van der Waals surface area contributed by atoms with Crippen LogP contribution in [0, 0.1) is 23.7 Å². The molecule has 8 heteroatoms. The summed E-state index contributed by atoms with van der Waals surface area (Å²) >= 11 is 5.84. The second kappa shape index (κ2) is 8.24. The Kier molecular flexibility index (Phi) is 5.27. The topological polar surface area (TPSA) is 88.1 Å².